The second-order valence-corrected chi connectivity index (χ2v) is 6.67. The summed E-state index contributed by atoms with van der Waals surface area (Å²) in [5.74, 6) is 0. The molecular weight excluding hydrogens is 268 g/mol. The summed E-state index contributed by atoms with van der Waals surface area (Å²) in [7, 11) is -3.52. The van der Waals surface area contributed by atoms with Gasteiger partial charge in [-0.3, -0.25) is 0 Å². The van der Waals surface area contributed by atoms with Crippen molar-refractivity contribution in [2.75, 3.05) is 0 Å². The van der Waals surface area contributed by atoms with E-state index in [9.17, 15) is 8.42 Å². The van der Waals surface area contributed by atoms with Crippen molar-refractivity contribution < 1.29 is 8.42 Å². The van der Waals surface area contributed by atoms with E-state index in [-0.39, 0.29) is 6.04 Å². The number of benzene rings is 1. The highest BCUT2D eigenvalue weighted by Crippen LogP contribution is 2.17. The second-order valence-electron chi connectivity index (χ2n) is 4.46. The van der Waals surface area contributed by atoms with E-state index >= 15 is 0 Å². The number of hydrogen-bond donors (Lipinski definition) is 2. The lowest BCUT2D eigenvalue weighted by Gasteiger charge is -2.15. The quantitative estimate of drug-likeness (QED) is 0.807. The Kier molecular flexibility index (Phi) is 4.84. The molecule has 0 amide bonds. The molecule has 0 bridgehead atoms. The van der Waals surface area contributed by atoms with Crippen LogP contribution in [0.3, 0.4) is 0 Å². The predicted molar refractivity (Wildman–Crippen MR) is 77.1 cm³/mol. The highest BCUT2D eigenvalue weighted by molar-refractivity contribution is 7.89. The van der Waals surface area contributed by atoms with Gasteiger partial charge in [0, 0.05) is 12.5 Å². The fourth-order valence-corrected chi connectivity index (χ4v) is 3.49. The van der Waals surface area contributed by atoms with Crippen LogP contribution >= 0.6 is 12.2 Å². The molecule has 1 unspecified atom stereocenters. The molecule has 0 aliphatic rings. The number of thiocarbonyl (C=S) groups is 1. The van der Waals surface area contributed by atoms with Gasteiger partial charge in [-0.05, 0) is 38.0 Å². The van der Waals surface area contributed by atoms with Gasteiger partial charge in [0.05, 0.1) is 9.88 Å². The van der Waals surface area contributed by atoms with Crippen molar-refractivity contribution in [1.29, 1.82) is 0 Å². The Morgan fingerprint density at radius 3 is 2.61 bits per heavy atom. The van der Waals surface area contributed by atoms with Gasteiger partial charge in [0.25, 0.3) is 0 Å². The average molecular weight is 286 g/mol. The number of nitrogens with two attached hydrogens (primary N) is 1. The lowest BCUT2D eigenvalue weighted by atomic mass is 10.2. The molecule has 0 spiro atoms. The maximum atomic E-state index is 12.2. The minimum absolute atomic E-state index is 0.297. The van der Waals surface area contributed by atoms with Crippen LogP contribution in [0.5, 0.6) is 0 Å². The number of nitrogens with one attached hydrogen (secondary N) is 1. The third-order valence-corrected chi connectivity index (χ3v) is 4.40. The van der Waals surface area contributed by atoms with E-state index < -0.39 is 10.0 Å². The summed E-state index contributed by atoms with van der Waals surface area (Å²) in [4.78, 5) is 0.600. The molecule has 3 N–H and O–H groups in total. The summed E-state index contributed by atoms with van der Waals surface area (Å²) < 4.78 is 27.0. The Morgan fingerprint density at radius 1 is 1.44 bits per heavy atom. The standard InChI is InChI=1S/C12H18N2O2S2/c1-8-4-5-9(2)11(6-8)18(15,16)14-10(3)7-12(13)17/h4-6,10,14H,7H2,1-3H3,(H2,13,17). The van der Waals surface area contributed by atoms with Crippen molar-refractivity contribution in [2.45, 2.75) is 38.1 Å². The lowest BCUT2D eigenvalue weighted by molar-refractivity contribution is 0.564. The Morgan fingerprint density at radius 2 is 2.06 bits per heavy atom. The molecule has 0 aliphatic heterocycles. The van der Waals surface area contributed by atoms with Crippen molar-refractivity contribution in [2.24, 2.45) is 5.73 Å². The van der Waals surface area contributed by atoms with Gasteiger partial charge in [0.1, 0.15) is 0 Å². The van der Waals surface area contributed by atoms with Crippen LogP contribution < -0.4 is 10.5 Å². The van der Waals surface area contributed by atoms with E-state index in [1.54, 1.807) is 26.0 Å². The highest BCUT2D eigenvalue weighted by Gasteiger charge is 2.19. The van der Waals surface area contributed by atoms with Gasteiger partial charge in [-0.25, -0.2) is 13.1 Å². The van der Waals surface area contributed by atoms with E-state index in [0.29, 0.717) is 16.3 Å². The van der Waals surface area contributed by atoms with E-state index in [4.69, 9.17) is 18.0 Å². The van der Waals surface area contributed by atoms with Crippen molar-refractivity contribution >= 4 is 27.2 Å². The van der Waals surface area contributed by atoms with Crippen molar-refractivity contribution in [3.05, 3.63) is 29.3 Å². The van der Waals surface area contributed by atoms with Gasteiger partial charge < -0.3 is 5.73 Å². The molecule has 1 aromatic rings. The number of aryl methyl sites for hydroxylation is 2. The molecule has 0 saturated heterocycles. The minimum atomic E-state index is -3.52. The molecule has 1 atom stereocenters. The summed E-state index contributed by atoms with van der Waals surface area (Å²) in [6.45, 7) is 5.37. The van der Waals surface area contributed by atoms with Crippen LogP contribution in [-0.4, -0.2) is 19.4 Å². The Balaban J connectivity index is 2.99. The third-order valence-electron chi connectivity index (χ3n) is 2.50. The molecule has 0 aliphatic carbocycles. The zero-order valence-corrected chi connectivity index (χ0v) is 12.4. The molecule has 0 aromatic heterocycles. The fourth-order valence-electron chi connectivity index (χ4n) is 1.67. The van der Waals surface area contributed by atoms with Gasteiger partial charge >= 0.3 is 0 Å². The first-order chi connectivity index (χ1) is 8.22. The first kappa shape index (κ1) is 15.1. The van der Waals surface area contributed by atoms with Gasteiger partial charge in [0.2, 0.25) is 10.0 Å². The summed E-state index contributed by atoms with van der Waals surface area (Å²) in [5, 5.41) is 0. The van der Waals surface area contributed by atoms with Gasteiger partial charge in [-0.15, -0.1) is 0 Å². The van der Waals surface area contributed by atoms with E-state index in [0.717, 1.165) is 11.1 Å². The van der Waals surface area contributed by atoms with E-state index in [1.807, 2.05) is 13.0 Å². The Hall–Kier alpha value is -0.980. The first-order valence-corrected chi connectivity index (χ1v) is 7.49. The van der Waals surface area contributed by atoms with Crippen LogP contribution in [-0.2, 0) is 10.0 Å². The predicted octanol–water partition coefficient (Wildman–Crippen LogP) is 1.65. The third kappa shape index (κ3) is 4.04. The maximum Gasteiger partial charge on any atom is 0.241 e. The fraction of sp³-hybridized carbons (Fsp3) is 0.417. The summed E-state index contributed by atoms with van der Waals surface area (Å²) in [5.41, 5.74) is 7.03. The Bertz CT molecular complexity index is 553. The zero-order chi connectivity index (χ0) is 13.9. The number of rotatable bonds is 5. The molecule has 0 fully saturated rings. The SMILES string of the molecule is Cc1ccc(C)c(S(=O)(=O)NC(C)CC(N)=S)c1. The molecule has 0 radical (unpaired) electrons. The molecule has 6 heteroatoms. The van der Waals surface area contributed by atoms with E-state index in [2.05, 4.69) is 4.72 Å². The van der Waals surface area contributed by atoms with Gasteiger partial charge in [0.15, 0.2) is 0 Å². The second kappa shape index (κ2) is 5.77. The summed E-state index contributed by atoms with van der Waals surface area (Å²) in [6, 6.07) is 5.02. The van der Waals surface area contributed by atoms with Crippen molar-refractivity contribution in [3.8, 4) is 0 Å². The van der Waals surface area contributed by atoms with Crippen LogP contribution in [0.2, 0.25) is 0 Å². The number of hydrogen-bond acceptors (Lipinski definition) is 3. The molecule has 1 aromatic carbocycles. The van der Waals surface area contributed by atoms with Crippen molar-refractivity contribution in [3.63, 3.8) is 0 Å². The van der Waals surface area contributed by atoms with Crippen LogP contribution in [0.15, 0.2) is 23.1 Å². The lowest BCUT2D eigenvalue weighted by Crippen LogP contribution is -2.35. The normalized spacial score (nSPS) is 13.3. The Labute approximate surface area is 114 Å². The summed E-state index contributed by atoms with van der Waals surface area (Å²) >= 11 is 4.77. The molecule has 4 nitrogen and oxygen atoms in total. The van der Waals surface area contributed by atoms with Crippen LogP contribution in [0.25, 0.3) is 0 Å². The summed E-state index contributed by atoms with van der Waals surface area (Å²) in [6.07, 6.45) is 0.347. The van der Waals surface area contributed by atoms with Gasteiger partial charge in [-0.1, -0.05) is 24.4 Å². The molecule has 0 heterocycles. The van der Waals surface area contributed by atoms with E-state index in [1.165, 1.54) is 0 Å². The zero-order valence-electron chi connectivity index (χ0n) is 10.7. The highest BCUT2D eigenvalue weighted by atomic mass is 32.2. The minimum Gasteiger partial charge on any atom is -0.393 e. The smallest absolute Gasteiger partial charge is 0.241 e. The molecule has 100 valence electrons. The maximum absolute atomic E-state index is 12.2. The average Bonchev–Trinajstić information content (AvgIpc) is 2.19. The number of sulfonamides is 1. The topological polar surface area (TPSA) is 72.2 Å². The molecule has 0 saturated carbocycles. The van der Waals surface area contributed by atoms with Crippen molar-refractivity contribution in [1.82, 2.24) is 4.72 Å². The van der Waals surface area contributed by atoms with Crippen LogP contribution in [0.1, 0.15) is 24.5 Å². The molecule has 18 heavy (non-hydrogen) atoms. The van der Waals surface area contributed by atoms with Crippen LogP contribution in [0.4, 0.5) is 0 Å². The van der Waals surface area contributed by atoms with Gasteiger partial charge in [-0.2, -0.15) is 0 Å². The molecular formula is C12H18N2O2S2. The first-order valence-electron chi connectivity index (χ1n) is 5.60. The largest absolute Gasteiger partial charge is 0.393 e. The molecule has 1 rings (SSSR count). The van der Waals surface area contributed by atoms with Crippen LogP contribution in [0, 0.1) is 13.8 Å². The monoisotopic (exact) mass is 286 g/mol.